The molecule has 1 aliphatic rings. The van der Waals surface area contributed by atoms with Crippen molar-refractivity contribution in [1.29, 1.82) is 0 Å². The highest BCUT2D eigenvalue weighted by Gasteiger charge is 2.31. The van der Waals surface area contributed by atoms with Gasteiger partial charge in [-0.1, -0.05) is 0 Å². The van der Waals surface area contributed by atoms with E-state index in [-0.39, 0.29) is 48.4 Å². The Morgan fingerprint density at radius 2 is 1.82 bits per heavy atom. The third-order valence-corrected chi connectivity index (χ3v) is 6.39. The minimum Gasteiger partial charge on any atom is -0.332 e. The number of nitrogens with one attached hydrogen (secondary N) is 1. The minimum absolute atomic E-state index is 0. The first-order chi connectivity index (χ1) is 12.2. The van der Waals surface area contributed by atoms with Gasteiger partial charge in [0.05, 0.1) is 17.0 Å². The Balaban J connectivity index is 0.00000196. The summed E-state index contributed by atoms with van der Waals surface area (Å²) in [5.74, 6) is -0.00708. The lowest BCUT2D eigenvalue weighted by Crippen LogP contribution is -2.57. The van der Waals surface area contributed by atoms with Crippen LogP contribution in [0, 0.1) is 20.8 Å². The van der Waals surface area contributed by atoms with E-state index in [1.807, 2.05) is 25.7 Å². The molecule has 28 heavy (non-hydrogen) atoms. The van der Waals surface area contributed by atoms with Crippen LogP contribution < -0.4 is 10.9 Å². The van der Waals surface area contributed by atoms with Crippen LogP contribution in [-0.2, 0) is 7.05 Å². The van der Waals surface area contributed by atoms with Gasteiger partial charge in [0.25, 0.3) is 11.5 Å². The number of nitrogens with zero attached hydrogens (tertiary/aromatic N) is 4. The van der Waals surface area contributed by atoms with Crippen molar-refractivity contribution in [3.05, 3.63) is 32.2 Å². The Bertz CT molecular complexity index is 927. The number of hydrogen-bond donors (Lipinski definition) is 1. The van der Waals surface area contributed by atoms with Crippen LogP contribution in [0.2, 0.25) is 0 Å². The zero-order valence-electron chi connectivity index (χ0n) is 16.9. The van der Waals surface area contributed by atoms with Crippen molar-refractivity contribution < 1.29 is 4.79 Å². The SMILES string of the molecule is Cc1nc(-c2c(C)c(C)nn(C)c2=O)sc1C(=O)N1CCNC(C)C1C.Cl.Cl. The molecular weight excluding hydrogens is 421 g/mol. The zero-order chi connectivity index (χ0) is 19.2. The molecule has 0 aromatic carbocycles. The van der Waals surface area contributed by atoms with E-state index in [2.05, 4.69) is 29.2 Å². The Kier molecular flexibility index (Phi) is 8.20. The van der Waals surface area contributed by atoms with Gasteiger partial charge in [0.15, 0.2) is 0 Å². The van der Waals surface area contributed by atoms with Gasteiger partial charge in [-0.2, -0.15) is 5.10 Å². The van der Waals surface area contributed by atoms with E-state index in [0.717, 1.165) is 17.8 Å². The highest BCUT2D eigenvalue weighted by Crippen LogP contribution is 2.30. The highest BCUT2D eigenvalue weighted by atomic mass is 35.5. The number of aromatic nitrogens is 3. The molecule has 2 atom stereocenters. The van der Waals surface area contributed by atoms with Crippen LogP contribution in [0.3, 0.4) is 0 Å². The van der Waals surface area contributed by atoms with Crippen molar-refractivity contribution in [3.8, 4) is 10.6 Å². The number of halogens is 2. The molecule has 10 heteroatoms. The summed E-state index contributed by atoms with van der Waals surface area (Å²) in [5.41, 5.74) is 2.61. The lowest BCUT2D eigenvalue weighted by molar-refractivity contribution is 0.0607. The van der Waals surface area contributed by atoms with E-state index in [9.17, 15) is 9.59 Å². The van der Waals surface area contributed by atoms with Crippen molar-refractivity contribution >= 4 is 42.1 Å². The number of hydrogen-bond acceptors (Lipinski definition) is 6. The average Bonchev–Trinajstić information content (AvgIpc) is 2.96. The number of rotatable bonds is 2. The van der Waals surface area contributed by atoms with Crippen molar-refractivity contribution in [3.63, 3.8) is 0 Å². The second kappa shape index (κ2) is 9.35. The lowest BCUT2D eigenvalue weighted by atomic mass is 10.1. The third kappa shape index (κ3) is 4.25. The van der Waals surface area contributed by atoms with Crippen molar-refractivity contribution in [2.45, 2.75) is 46.7 Å². The summed E-state index contributed by atoms with van der Waals surface area (Å²) in [5, 5.41) is 8.19. The van der Waals surface area contributed by atoms with Crippen molar-refractivity contribution in [2.75, 3.05) is 13.1 Å². The first-order valence-electron chi connectivity index (χ1n) is 8.79. The molecule has 1 aliphatic heterocycles. The molecule has 0 saturated carbocycles. The normalized spacial score (nSPS) is 19.0. The van der Waals surface area contributed by atoms with Crippen LogP contribution in [0.5, 0.6) is 0 Å². The summed E-state index contributed by atoms with van der Waals surface area (Å²) in [6, 6.07) is 0.358. The molecule has 2 unspecified atom stereocenters. The van der Waals surface area contributed by atoms with Gasteiger partial charge in [0.1, 0.15) is 9.88 Å². The predicted molar refractivity (Wildman–Crippen MR) is 117 cm³/mol. The van der Waals surface area contributed by atoms with Gasteiger partial charge in [0.2, 0.25) is 0 Å². The molecule has 1 amide bonds. The highest BCUT2D eigenvalue weighted by molar-refractivity contribution is 7.17. The van der Waals surface area contributed by atoms with Gasteiger partial charge >= 0.3 is 0 Å². The van der Waals surface area contributed by atoms with Crippen LogP contribution in [-0.4, -0.2) is 50.7 Å². The van der Waals surface area contributed by atoms with E-state index < -0.39 is 0 Å². The molecule has 0 aliphatic carbocycles. The van der Waals surface area contributed by atoms with Gasteiger partial charge in [-0.25, -0.2) is 9.67 Å². The molecule has 2 aromatic rings. The van der Waals surface area contributed by atoms with E-state index in [1.165, 1.54) is 16.0 Å². The Morgan fingerprint density at radius 3 is 2.46 bits per heavy atom. The first-order valence-corrected chi connectivity index (χ1v) is 9.60. The van der Waals surface area contributed by atoms with Crippen LogP contribution in [0.25, 0.3) is 10.6 Å². The average molecular weight is 448 g/mol. The second-order valence-corrected chi connectivity index (χ2v) is 7.93. The minimum atomic E-state index is -0.190. The van der Waals surface area contributed by atoms with Crippen LogP contribution >= 0.6 is 36.2 Å². The first kappa shape index (κ1) is 24.6. The van der Waals surface area contributed by atoms with Gasteiger partial charge in [0, 0.05) is 32.2 Å². The zero-order valence-corrected chi connectivity index (χ0v) is 19.3. The molecule has 3 rings (SSSR count). The molecule has 0 bridgehead atoms. The maximum atomic E-state index is 13.1. The number of piperazine rings is 1. The van der Waals surface area contributed by atoms with Gasteiger partial charge in [-0.15, -0.1) is 36.2 Å². The molecule has 2 aromatic heterocycles. The number of thiazole rings is 1. The number of amides is 1. The van der Waals surface area contributed by atoms with Crippen molar-refractivity contribution in [1.82, 2.24) is 25.0 Å². The summed E-state index contributed by atoms with van der Waals surface area (Å²) < 4.78 is 1.33. The summed E-state index contributed by atoms with van der Waals surface area (Å²) in [4.78, 5) is 32.8. The standard InChI is InChI=1S/C18H25N5O2S.2ClH/c1-9-10(2)21-22(6)17(24)14(9)16-20-12(4)15(26-16)18(25)23-8-7-19-11(3)13(23)5;;/h11,13,19H,7-8H2,1-6H3;2*1H. The topological polar surface area (TPSA) is 80.1 Å². The fourth-order valence-electron chi connectivity index (χ4n) is 3.28. The second-order valence-electron chi connectivity index (χ2n) is 6.93. The Morgan fingerprint density at radius 1 is 1.18 bits per heavy atom. The molecule has 1 N–H and O–H groups in total. The molecular formula is C18H27Cl2N5O2S. The van der Waals surface area contributed by atoms with E-state index in [0.29, 0.717) is 27.7 Å². The fraction of sp³-hybridized carbons (Fsp3) is 0.556. The Labute approximate surface area is 181 Å². The number of carbonyl (C=O) groups is 1. The smallest absolute Gasteiger partial charge is 0.277 e. The number of carbonyl (C=O) groups excluding carboxylic acids is 1. The molecule has 156 valence electrons. The van der Waals surface area contributed by atoms with Gasteiger partial charge in [-0.3, -0.25) is 9.59 Å². The fourth-order valence-corrected chi connectivity index (χ4v) is 4.39. The van der Waals surface area contributed by atoms with E-state index in [1.54, 1.807) is 7.05 Å². The largest absolute Gasteiger partial charge is 0.332 e. The van der Waals surface area contributed by atoms with Crippen LogP contribution in [0.1, 0.15) is 40.5 Å². The van der Waals surface area contributed by atoms with Crippen molar-refractivity contribution in [2.24, 2.45) is 7.05 Å². The van der Waals surface area contributed by atoms with E-state index in [4.69, 9.17) is 0 Å². The van der Waals surface area contributed by atoms with Gasteiger partial charge < -0.3 is 10.2 Å². The monoisotopic (exact) mass is 447 g/mol. The molecule has 1 saturated heterocycles. The summed E-state index contributed by atoms with van der Waals surface area (Å²) in [6.07, 6.45) is 0. The number of aryl methyl sites for hydroxylation is 3. The molecule has 0 spiro atoms. The molecule has 0 radical (unpaired) electrons. The summed E-state index contributed by atoms with van der Waals surface area (Å²) >= 11 is 1.30. The van der Waals surface area contributed by atoms with Gasteiger partial charge in [-0.05, 0) is 40.2 Å². The maximum Gasteiger partial charge on any atom is 0.277 e. The van der Waals surface area contributed by atoms with Crippen LogP contribution in [0.4, 0.5) is 0 Å². The summed E-state index contributed by atoms with van der Waals surface area (Å²) in [7, 11) is 1.63. The predicted octanol–water partition coefficient (Wildman–Crippen LogP) is 2.50. The van der Waals surface area contributed by atoms with Crippen LogP contribution in [0.15, 0.2) is 4.79 Å². The lowest BCUT2D eigenvalue weighted by Gasteiger charge is -2.38. The maximum absolute atomic E-state index is 13.1. The van der Waals surface area contributed by atoms with E-state index >= 15 is 0 Å². The molecule has 3 heterocycles. The molecule has 7 nitrogen and oxygen atoms in total. The third-order valence-electron chi connectivity index (χ3n) is 5.23. The summed E-state index contributed by atoms with van der Waals surface area (Å²) in [6.45, 7) is 11.2. The Hall–Kier alpha value is -1.48. The quantitative estimate of drug-likeness (QED) is 0.764. The molecule has 1 fully saturated rings.